The van der Waals surface area contributed by atoms with Crippen LogP contribution < -0.4 is 9.47 Å². The monoisotopic (exact) mass is 538 g/mol. The van der Waals surface area contributed by atoms with Crippen molar-refractivity contribution in [1.82, 2.24) is 10.1 Å². The lowest BCUT2D eigenvalue weighted by Gasteiger charge is -2.13. The molecule has 1 unspecified atom stereocenters. The fraction of sp³-hybridized carbons (Fsp3) is 0.222. The van der Waals surface area contributed by atoms with E-state index in [4.69, 9.17) is 37.2 Å². The first-order chi connectivity index (χ1) is 17.9. The van der Waals surface area contributed by atoms with E-state index in [1.54, 1.807) is 36.4 Å². The first kappa shape index (κ1) is 23.8. The van der Waals surface area contributed by atoms with Crippen LogP contribution in [0.25, 0.3) is 11.3 Å². The summed E-state index contributed by atoms with van der Waals surface area (Å²) < 4.78 is 17.7. The van der Waals surface area contributed by atoms with Crippen molar-refractivity contribution in [2.45, 2.75) is 37.9 Å². The normalized spacial score (nSPS) is 16.4. The van der Waals surface area contributed by atoms with Crippen molar-refractivity contribution in [3.05, 3.63) is 86.7 Å². The van der Waals surface area contributed by atoms with Gasteiger partial charge in [-0.2, -0.15) is 0 Å². The molecule has 3 heterocycles. The van der Waals surface area contributed by atoms with E-state index in [2.05, 4.69) is 10.1 Å². The Labute approximate surface area is 221 Å². The lowest BCUT2D eigenvalue weighted by Crippen LogP contribution is -2.06. The van der Waals surface area contributed by atoms with Gasteiger partial charge in [-0.05, 0) is 48.7 Å². The minimum absolute atomic E-state index is 0.0965. The average molecular weight is 539 g/mol. The van der Waals surface area contributed by atoms with Gasteiger partial charge in [0.2, 0.25) is 5.88 Å². The van der Waals surface area contributed by atoms with Crippen molar-refractivity contribution in [3.8, 4) is 28.6 Å². The SMILES string of the molecule is O=C(O)c1ccc2c(c1)Oc1ccc(OCc3c(-c4c(Cl)cccc4Cl)noc3C3CC3)nc1C(O)C2. The highest BCUT2D eigenvalue weighted by Gasteiger charge is 2.34. The van der Waals surface area contributed by atoms with E-state index in [-0.39, 0.29) is 30.4 Å². The summed E-state index contributed by atoms with van der Waals surface area (Å²) in [5, 5.41) is 25.3. The Morgan fingerprint density at radius 2 is 1.86 bits per heavy atom. The number of rotatable bonds is 6. The van der Waals surface area contributed by atoms with Crippen molar-refractivity contribution in [2.75, 3.05) is 0 Å². The number of aromatic carboxylic acids is 1. The quantitative estimate of drug-likeness (QED) is 0.282. The number of benzene rings is 2. The van der Waals surface area contributed by atoms with E-state index >= 15 is 0 Å². The van der Waals surface area contributed by atoms with E-state index < -0.39 is 12.1 Å². The Morgan fingerprint density at radius 1 is 1.08 bits per heavy atom. The minimum Gasteiger partial charge on any atom is -0.478 e. The molecule has 1 saturated carbocycles. The van der Waals surface area contributed by atoms with E-state index in [1.165, 1.54) is 12.1 Å². The number of carbonyl (C=O) groups is 1. The Morgan fingerprint density at radius 3 is 2.59 bits per heavy atom. The highest BCUT2D eigenvalue weighted by molar-refractivity contribution is 6.39. The number of nitrogens with zero attached hydrogens (tertiary/aromatic N) is 2. The average Bonchev–Trinajstić information content (AvgIpc) is 3.65. The standard InChI is InChI=1S/C27H20Cl2N2O6/c28-17-2-1-3-18(29)23(17)24-16(26(37-31-24)13-4-5-13)12-35-22-9-8-20-25(30-22)19(32)10-14-6-7-15(27(33)34)11-21(14)36-20/h1-3,6-9,11,13,19,32H,4-5,10,12H2,(H,33,34). The summed E-state index contributed by atoms with van der Waals surface area (Å²) in [7, 11) is 0. The van der Waals surface area contributed by atoms with Crippen molar-refractivity contribution in [3.63, 3.8) is 0 Å². The molecule has 10 heteroatoms. The number of aliphatic hydroxyl groups is 1. The largest absolute Gasteiger partial charge is 0.478 e. The van der Waals surface area contributed by atoms with Gasteiger partial charge in [-0.15, -0.1) is 0 Å². The van der Waals surface area contributed by atoms with Crippen LogP contribution in [0.4, 0.5) is 0 Å². The van der Waals surface area contributed by atoms with Crippen molar-refractivity contribution >= 4 is 29.2 Å². The maximum absolute atomic E-state index is 11.4. The molecule has 188 valence electrons. The summed E-state index contributed by atoms with van der Waals surface area (Å²) in [6.07, 6.45) is 1.25. The van der Waals surface area contributed by atoms with Gasteiger partial charge in [0.05, 0.1) is 21.2 Å². The number of ether oxygens (including phenoxy) is 2. The maximum atomic E-state index is 11.4. The van der Waals surface area contributed by atoms with Crippen LogP contribution in [0, 0.1) is 0 Å². The van der Waals surface area contributed by atoms with Crippen LogP contribution in [0.5, 0.6) is 17.4 Å². The second-order valence-corrected chi connectivity index (χ2v) is 9.83. The number of pyridine rings is 1. The molecule has 0 amide bonds. The molecule has 37 heavy (non-hydrogen) atoms. The molecule has 4 aromatic rings. The summed E-state index contributed by atoms with van der Waals surface area (Å²) in [5.41, 5.74) is 2.93. The van der Waals surface area contributed by atoms with Crippen LogP contribution in [-0.4, -0.2) is 26.3 Å². The van der Waals surface area contributed by atoms with Crippen LogP contribution in [0.3, 0.4) is 0 Å². The van der Waals surface area contributed by atoms with Crippen molar-refractivity contribution in [1.29, 1.82) is 0 Å². The van der Waals surface area contributed by atoms with Crippen LogP contribution in [-0.2, 0) is 13.0 Å². The lowest BCUT2D eigenvalue weighted by molar-refractivity contribution is 0.0696. The molecule has 2 N–H and O–H groups in total. The number of aromatic nitrogens is 2. The molecular formula is C27H20Cl2N2O6. The third kappa shape index (κ3) is 4.52. The summed E-state index contributed by atoms with van der Waals surface area (Å²) in [4.78, 5) is 15.9. The summed E-state index contributed by atoms with van der Waals surface area (Å²) in [6.45, 7) is 0.108. The second-order valence-electron chi connectivity index (χ2n) is 9.02. The molecule has 1 aliphatic heterocycles. The van der Waals surface area contributed by atoms with E-state index in [9.17, 15) is 15.0 Å². The van der Waals surface area contributed by atoms with Gasteiger partial charge in [0.15, 0.2) is 5.75 Å². The molecule has 1 fully saturated rings. The van der Waals surface area contributed by atoms with Crippen LogP contribution >= 0.6 is 23.2 Å². The Balaban J connectivity index is 1.29. The molecule has 0 radical (unpaired) electrons. The molecule has 2 aromatic heterocycles. The van der Waals surface area contributed by atoms with Gasteiger partial charge in [0.1, 0.15) is 35.6 Å². The molecule has 0 bridgehead atoms. The third-order valence-corrected chi connectivity index (χ3v) is 7.08. The maximum Gasteiger partial charge on any atom is 0.335 e. The summed E-state index contributed by atoms with van der Waals surface area (Å²) in [6, 6.07) is 13.1. The molecule has 2 aliphatic rings. The number of hydrogen-bond acceptors (Lipinski definition) is 7. The molecule has 6 rings (SSSR count). The number of halogens is 2. The summed E-state index contributed by atoms with van der Waals surface area (Å²) in [5.74, 6) is 0.924. The van der Waals surface area contributed by atoms with Gasteiger partial charge in [0, 0.05) is 24.0 Å². The molecule has 0 spiro atoms. The number of hydrogen-bond donors (Lipinski definition) is 2. The van der Waals surface area contributed by atoms with E-state index in [1.807, 2.05) is 0 Å². The van der Waals surface area contributed by atoms with Crippen molar-refractivity contribution in [2.24, 2.45) is 0 Å². The number of carboxylic acid groups (broad SMARTS) is 1. The van der Waals surface area contributed by atoms with Crippen LogP contribution in [0.1, 0.15) is 57.8 Å². The smallest absolute Gasteiger partial charge is 0.335 e. The second kappa shape index (κ2) is 9.37. The number of aliphatic hydroxyl groups excluding tert-OH is 1. The third-order valence-electron chi connectivity index (χ3n) is 6.45. The van der Waals surface area contributed by atoms with E-state index in [0.29, 0.717) is 44.1 Å². The first-order valence-corrected chi connectivity index (χ1v) is 12.4. The molecular weight excluding hydrogens is 519 g/mol. The fourth-order valence-corrected chi connectivity index (χ4v) is 4.99. The first-order valence-electron chi connectivity index (χ1n) is 11.7. The predicted molar refractivity (Wildman–Crippen MR) is 135 cm³/mol. The van der Waals surface area contributed by atoms with Gasteiger partial charge in [0.25, 0.3) is 0 Å². The van der Waals surface area contributed by atoms with Gasteiger partial charge < -0.3 is 24.2 Å². The van der Waals surface area contributed by atoms with Crippen molar-refractivity contribution < 1.29 is 29.0 Å². The summed E-state index contributed by atoms with van der Waals surface area (Å²) >= 11 is 12.9. The number of carboxylic acids is 1. The highest BCUT2D eigenvalue weighted by Crippen LogP contribution is 2.46. The molecule has 0 saturated heterocycles. The predicted octanol–water partition coefficient (Wildman–Crippen LogP) is 6.58. The van der Waals surface area contributed by atoms with Gasteiger partial charge >= 0.3 is 5.97 Å². The van der Waals surface area contributed by atoms with Gasteiger partial charge in [-0.1, -0.05) is 40.5 Å². The topological polar surface area (TPSA) is 115 Å². The van der Waals surface area contributed by atoms with Crippen LogP contribution in [0.15, 0.2) is 53.1 Å². The fourth-order valence-electron chi connectivity index (χ4n) is 4.42. The van der Waals surface area contributed by atoms with Gasteiger partial charge in [-0.3, -0.25) is 0 Å². The zero-order valence-corrected chi connectivity index (χ0v) is 20.8. The van der Waals surface area contributed by atoms with Crippen LogP contribution in [0.2, 0.25) is 10.0 Å². The zero-order chi connectivity index (χ0) is 25.7. The minimum atomic E-state index is -1.06. The molecule has 1 atom stereocenters. The Hall–Kier alpha value is -3.59. The number of fused-ring (bicyclic) bond motifs is 2. The van der Waals surface area contributed by atoms with E-state index in [0.717, 1.165) is 24.2 Å². The molecule has 8 nitrogen and oxygen atoms in total. The zero-order valence-electron chi connectivity index (χ0n) is 19.3. The lowest BCUT2D eigenvalue weighted by atomic mass is 10.0. The molecule has 2 aromatic carbocycles. The Bertz CT molecular complexity index is 1510. The highest BCUT2D eigenvalue weighted by atomic mass is 35.5. The Kier molecular flexibility index (Phi) is 6.03. The molecule has 1 aliphatic carbocycles. The van der Waals surface area contributed by atoms with Gasteiger partial charge in [-0.25, -0.2) is 9.78 Å².